The van der Waals surface area contributed by atoms with E-state index in [1.807, 2.05) is 0 Å². The molecule has 0 heterocycles. The Kier molecular flexibility index (Phi) is 11.8. The zero-order valence-electron chi connectivity index (χ0n) is 8.72. The highest BCUT2D eigenvalue weighted by Crippen LogP contribution is 1.89. The minimum atomic E-state index is -1.58. The Labute approximate surface area is 92.2 Å². The first-order valence-electron chi connectivity index (χ1n) is 4.57. The molecule has 7 nitrogen and oxygen atoms in total. The van der Waals surface area contributed by atoms with E-state index >= 15 is 0 Å². The van der Waals surface area contributed by atoms with Crippen molar-refractivity contribution >= 4 is 24.0 Å². The largest absolute Gasteiger partial charge is 0.481 e. The van der Waals surface area contributed by atoms with Gasteiger partial charge in [-0.2, -0.15) is 0 Å². The molecule has 0 aromatic heterocycles. The van der Waals surface area contributed by atoms with Gasteiger partial charge in [0.15, 0.2) is 0 Å². The zero-order valence-corrected chi connectivity index (χ0v) is 8.72. The van der Waals surface area contributed by atoms with Crippen molar-refractivity contribution in [1.29, 1.82) is 0 Å². The fourth-order valence-electron chi connectivity index (χ4n) is 0.529. The number of unbranched alkanes of at least 4 members (excludes halogenated alkanes) is 1. The van der Waals surface area contributed by atoms with Gasteiger partial charge in [-0.3, -0.25) is 9.59 Å². The first-order chi connectivity index (χ1) is 7.45. The molecule has 0 saturated carbocycles. The van der Waals surface area contributed by atoms with Crippen molar-refractivity contribution in [3.63, 3.8) is 0 Å². The Morgan fingerprint density at radius 2 is 1.69 bits per heavy atom. The van der Waals surface area contributed by atoms with Gasteiger partial charge >= 0.3 is 11.9 Å². The van der Waals surface area contributed by atoms with Gasteiger partial charge in [0.2, 0.25) is 5.78 Å². The van der Waals surface area contributed by atoms with Crippen molar-refractivity contribution in [1.82, 2.24) is 0 Å². The van der Waals surface area contributed by atoms with Gasteiger partial charge in [-0.05, 0) is 13.0 Å². The summed E-state index contributed by atoms with van der Waals surface area (Å²) in [5, 5.41) is 16.0. The summed E-state index contributed by atoms with van der Waals surface area (Å²) in [5.41, 5.74) is 5.06. The highest BCUT2D eigenvalue weighted by Gasteiger charge is 2.12. The molecule has 0 radical (unpaired) electrons. The molecule has 4 N–H and O–H groups in total. The van der Waals surface area contributed by atoms with Crippen LogP contribution < -0.4 is 5.73 Å². The third-order valence-electron chi connectivity index (χ3n) is 1.33. The molecule has 0 amide bonds. The number of carbonyl (C=O) groups is 4. The number of nitrogens with two attached hydrogens (primary N) is 1. The van der Waals surface area contributed by atoms with E-state index in [2.05, 4.69) is 0 Å². The second-order valence-electron chi connectivity index (χ2n) is 2.72. The van der Waals surface area contributed by atoms with Crippen LogP contribution >= 0.6 is 0 Å². The summed E-state index contributed by atoms with van der Waals surface area (Å²) in [6.45, 7) is 0.624. The maximum absolute atomic E-state index is 10.2. The predicted molar refractivity (Wildman–Crippen MR) is 53.9 cm³/mol. The number of hydrogen-bond donors (Lipinski definition) is 3. The zero-order chi connectivity index (χ0) is 13.0. The van der Waals surface area contributed by atoms with Crippen molar-refractivity contribution in [3.05, 3.63) is 0 Å². The van der Waals surface area contributed by atoms with Gasteiger partial charge in [0.25, 0.3) is 0 Å². The van der Waals surface area contributed by atoms with Gasteiger partial charge in [0.1, 0.15) is 6.29 Å². The Bertz CT molecular complexity index is 250. The number of rotatable bonds is 7. The number of aldehydes is 1. The van der Waals surface area contributed by atoms with E-state index in [1.54, 1.807) is 0 Å². The quantitative estimate of drug-likeness (QED) is 0.304. The van der Waals surface area contributed by atoms with Gasteiger partial charge in [-0.15, -0.1) is 0 Å². The first-order valence-corrected chi connectivity index (χ1v) is 4.57. The third kappa shape index (κ3) is 14.7. The average molecular weight is 233 g/mol. The number of carboxylic acids is 2. The number of Topliss-reactive ketones (excluding diaryl/α,β-unsaturated/α-hetero) is 1. The molecule has 0 unspecified atom stereocenters. The van der Waals surface area contributed by atoms with Crippen LogP contribution in [0.2, 0.25) is 0 Å². The van der Waals surface area contributed by atoms with E-state index in [9.17, 15) is 19.2 Å². The molecule has 0 atom stereocenters. The molecule has 0 aromatic rings. The number of carbonyl (C=O) groups excluding carboxylic acids is 2. The molecule has 0 aliphatic rings. The number of ketones is 1. The van der Waals surface area contributed by atoms with Crippen LogP contribution in [0.5, 0.6) is 0 Å². The normalized spacial score (nSPS) is 8.56. The molecule has 0 rings (SSSR count). The van der Waals surface area contributed by atoms with Crippen LogP contribution in [-0.2, 0) is 19.2 Å². The van der Waals surface area contributed by atoms with Crippen molar-refractivity contribution in [2.45, 2.75) is 25.7 Å². The molecular formula is C9H15NO6. The highest BCUT2D eigenvalue weighted by atomic mass is 16.4. The summed E-state index contributed by atoms with van der Waals surface area (Å²) in [6.07, 6.45) is 1.45. The lowest BCUT2D eigenvalue weighted by Gasteiger charge is -1.88. The fourth-order valence-corrected chi connectivity index (χ4v) is 0.529. The van der Waals surface area contributed by atoms with E-state index in [1.165, 1.54) is 0 Å². The molecule has 92 valence electrons. The predicted octanol–water partition coefficient (Wildman–Crippen LogP) is -0.571. The third-order valence-corrected chi connectivity index (χ3v) is 1.33. The second kappa shape index (κ2) is 11.3. The molecule has 16 heavy (non-hydrogen) atoms. The van der Waals surface area contributed by atoms with E-state index in [4.69, 9.17) is 15.9 Å². The molecule has 0 saturated heterocycles. The Hall–Kier alpha value is -1.76. The topological polar surface area (TPSA) is 135 Å². The monoisotopic (exact) mass is 233 g/mol. The molecule has 0 spiro atoms. The van der Waals surface area contributed by atoms with Gasteiger partial charge in [0, 0.05) is 12.8 Å². The van der Waals surface area contributed by atoms with E-state index in [0.29, 0.717) is 13.0 Å². The van der Waals surface area contributed by atoms with Crippen molar-refractivity contribution in [2.24, 2.45) is 5.73 Å². The number of hydrogen-bond acceptors (Lipinski definition) is 5. The van der Waals surface area contributed by atoms with Crippen LogP contribution in [0, 0.1) is 0 Å². The molecule has 0 fully saturated rings. The van der Waals surface area contributed by atoms with Crippen LogP contribution in [-0.4, -0.2) is 40.8 Å². The molecule has 0 aromatic carbocycles. The maximum atomic E-state index is 10.2. The summed E-state index contributed by atoms with van der Waals surface area (Å²) in [7, 11) is 0. The van der Waals surface area contributed by atoms with Crippen molar-refractivity contribution in [2.75, 3.05) is 6.54 Å². The van der Waals surface area contributed by atoms with Crippen LogP contribution in [0.4, 0.5) is 0 Å². The summed E-state index contributed by atoms with van der Waals surface area (Å²) >= 11 is 0. The van der Waals surface area contributed by atoms with Gasteiger partial charge in [-0.1, -0.05) is 0 Å². The van der Waals surface area contributed by atoms with Crippen LogP contribution in [0.15, 0.2) is 0 Å². The van der Waals surface area contributed by atoms with Crippen LogP contribution in [0.3, 0.4) is 0 Å². The van der Waals surface area contributed by atoms with Crippen molar-refractivity contribution in [3.8, 4) is 0 Å². The smallest absolute Gasteiger partial charge is 0.372 e. The Balaban J connectivity index is 0. The SMILES string of the molecule is NCCCC=O.O=C(O)CCC(=O)C(=O)O. The number of aliphatic carboxylic acids is 2. The Morgan fingerprint density at radius 3 is 1.94 bits per heavy atom. The van der Waals surface area contributed by atoms with Crippen LogP contribution in [0.1, 0.15) is 25.7 Å². The average Bonchev–Trinajstić information content (AvgIpc) is 2.23. The minimum absolute atomic E-state index is 0.425. The summed E-state index contributed by atoms with van der Waals surface area (Å²) in [4.78, 5) is 39.2. The van der Waals surface area contributed by atoms with Gasteiger partial charge < -0.3 is 20.7 Å². The standard InChI is InChI=1S/C5H6O5.C4H9NO/c6-3(5(9)10)1-2-4(7)8;5-3-1-2-4-6/h1-2H2,(H,7,8)(H,9,10);4H,1-3,5H2. The second-order valence-corrected chi connectivity index (χ2v) is 2.72. The summed E-state index contributed by atoms with van der Waals surface area (Å²) < 4.78 is 0. The van der Waals surface area contributed by atoms with Crippen LogP contribution in [0.25, 0.3) is 0 Å². The van der Waals surface area contributed by atoms with Crippen molar-refractivity contribution < 1.29 is 29.4 Å². The first kappa shape index (κ1) is 16.7. The van der Waals surface area contributed by atoms with E-state index in [0.717, 1.165) is 12.7 Å². The molecule has 7 heteroatoms. The lowest BCUT2D eigenvalue weighted by molar-refractivity contribution is -0.149. The van der Waals surface area contributed by atoms with Gasteiger partial charge in [-0.25, -0.2) is 4.79 Å². The fraction of sp³-hybridized carbons (Fsp3) is 0.556. The molecular weight excluding hydrogens is 218 g/mol. The lowest BCUT2D eigenvalue weighted by atomic mass is 10.2. The van der Waals surface area contributed by atoms with E-state index < -0.39 is 30.6 Å². The molecule has 0 aliphatic carbocycles. The van der Waals surface area contributed by atoms with Gasteiger partial charge in [0.05, 0.1) is 6.42 Å². The molecule has 0 aliphatic heterocycles. The summed E-state index contributed by atoms with van der Waals surface area (Å²) in [5.74, 6) is -3.82. The maximum Gasteiger partial charge on any atom is 0.372 e. The van der Waals surface area contributed by atoms with E-state index in [-0.39, 0.29) is 0 Å². The number of carboxylic acid groups (broad SMARTS) is 2. The summed E-state index contributed by atoms with van der Waals surface area (Å²) in [6, 6.07) is 0. The lowest BCUT2D eigenvalue weighted by Crippen LogP contribution is -2.13. The Morgan fingerprint density at radius 1 is 1.12 bits per heavy atom. The highest BCUT2D eigenvalue weighted by molar-refractivity contribution is 6.32. The molecule has 0 bridgehead atoms. The minimum Gasteiger partial charge on any atom is -0.481 e.